The summed E-state index contributed by atoms with van der Waals surface area (Å²) in [5, 5.41) is 9.78. The molecular formula is C14H10F3N3O3S. The fourth-order valence-electron chi connectivity index (χ4n) is 2.37. The maximum atomic E-state index is 12.9. The van der Waals surface area contributed by atoms with Crippen LogP contribution in [0.3, 0.4) is 0 Å². The van der Waals surface area contributed by atoms with Gasteiger partial charge in [-0.15, -0.1) is 0 Å². The predicted molar refractivity (Wildman–Crippen MR) is 81.5 cm³/mol. The van der Waals surface area contributed by atoms with Gasteiger partial charge in [-0.2, -0.15) is 17.5 Å². The van der Waals surface area contributed by atoms with Gasteiger partial charge in [-0.3, -0.25) is 4.79 Å². The van der Waals surface area contributed by atoms with Crippen molar-refractivity contribution >= 4 is 21.6 Å². The van der Waals surface area contributed by atoms with Gasteiger partial charge < -0.3 is 10.1 Å². The second-order valence-electron chi connectivity index (χ2n) is 5.04. The van der Waals surface area contributed by atoms with Crippen LogP contribution in [-0.4, -0.2) is 19.0 Å². The van der Waals surface area contributed by atoms with Crippen molar-refractivity contribution in [1.82, 2.24) is 13.9 Å². The molecule has 3 aromatic rings. The van der Waals surface area contributed by atoms with Crippen LogP contribution in [0.1, 0.15) is 17.0 Å². The Hall–Kier alpha value is -2.46. The summed E-state index contributed by atoms with van der Waals surface area (Å²) in [6.45, 7) is 0.669. The number of rotatable bonds is 2. The van der Waals surface area contributed by atoms with Gasteiger partial charge in [0.15, 0.2) is 0 Å². The highest BCUT2D eigenvalue weighted by Gasteiger charge is 2.35. The molecule has 0 amide bonds. The molecule has 0 bridgehead atoms. The molecule has 0 aliphatic rings. The van der Waals surface area contributed by atoms with E-state index in [9.17, 15) is 27.9 Å². The van der Waals surface area contributed by atoms with Crippen molar-refractivity contribution in [1.29, 1.82) is 0 Å². The largest absolute Gasteiger partial charge is 0.431 e. The van der Waals surface area contributed by atoms with Gasteiger partial charge in [0.25, 0.3) is 5.56 Å². The summed E-state index contributed by atoms with van der Waals surface area (Å²) in [6, 6.07) is 4.46. The monoisotopic (exact) mass is 357 g/mol. The lowest BCUT2D eigenvalue weighted by atomic mass is 10.2. The number of alkyl halides is 3. The number of nitrogens with one attached hydrogen (secondary N) is 1. The number of nitrogens with zero attached hydrogens (tertiary/aromatic N) is 2. The molecule has 1 aromatic carbocycles. The number of aromatic nitrogens is 3. The Bertz CT molecular complexity index is 1050. The normalized spacial score (nSPS) is 12.0. The minimum atomic E-state index is -4.83. The van der Waals surface area contributed by atoms with E-state index in [2.05, 4.69) is 4.37 Å². The van der Waals surface area contributed by atoms with Gasteiger partial charge in [0.1, 0.15) is 5.69 Å². The van der Waals surface area contributed by atoms with Crippen molar-refractivity contribution in [3.63, 3.8) is 0 Å². The summed E-state index contributed by atoms with van der Waals surface area (Å²) < 4.78 is 43.9. The summed E-state index contributed by atoms with van der Waals surface area (Å²) in [4.78, 5) is 26.0. The van der Waals surface area contributed by atoms with Crippen molar-refractivity contribution in [2.75, 3.05) is 0 Å². The molecule has 0 aliphatic carbocycles. The Labute approximate surface area is 136 Å². The molecule has 10 heteroatoms. The summed E-state index contributed by atoms with van der Waals surface area (Å²) in [5.41, 5.74) is -3.74. The SMILES string of the molecule is Cc1c(C(F)(F)F)[nH]c(=O)n(-c2ccc3snc(CO)c3c2)c1=O. The van der Waals surface area contributed by atoms with Crippen LogP contribution < -0.4 is 11.2 Å². The molecule has 126 valence electrons. The summed E-state index contributed by atoms with van der Waals surface area (Å²) in [5.74, 6) is 0. The summed E-state index contributed by atoms with van der Waals surface area (Å²) >= 11 is 1.13. The lowest BCUT2D eigenvalue weighted by molar-refractivity contribution is -0.142. The summed E-state index contributed by atoms with van der Waals surface area (Å²) in [7, 11) is 0. The van der Waals surface area contributed by atoms with Gasteiger partial charge in [0.2, 0.25) is 0 Å². The molecule has 0 saturated carbocycles. The number of fused-ring (bicyclic) bond motifs is 1. The molecule has 6 nitrogen and oxygen atoms in total. The molecule has 2 heterocycles. The number of hydrogen-bond donors (Lipinski definition) is 2. The van der Waals surface area contributed by atoms with E-state index in [0.29, 0.717) is 15.6 Å². The van der Waals surface area contributed by atoms with Gasteiger partial charge >= 0.3 is 11.9 Å². The number of aromatic amines is 1. The molecule has 0 fully saturated rings. The average molecular weight is 357 g/mol. The molecular weight excluding hydrogens is 347 g/mol. The Morgan fingerprint density at radius 1 is 1.33 bits per heavy atom. The molecule has 0 spiro atoms. The number of aliphatic hydroxyl groups is 1. The first-order valence-electron chi connectivity index (χ1n) is 6.66. The Morgan fingerprint density at radius 2 is 2.04 bits per heavy atom. The maximum absolute atomic E-state index is 12.9. The van der Waals surface area contributed by atoms with E-state index < -0.39 is 28.7 Å². The van der Waals surface area contributed by atoms with Crippen LogP contribution >= 0.6 is 11.5 Å². The standard InChI is InChI=1S/C14H10F3N3O3S/c1-6-11(14(15,16)17)18-13(23)20(12(6)22)7-2-3-10-8(4-7)9(5-21)19-24-10/h2-4,21H,5H2,1H3,(H,18,23). The van der Waals surface area contributed by atoms with E-state index in [1.54, 1.807) is 11.1 Å². The van der Waals surface area contributed by atoms with Crippen molar-refractivity contribution in [2.45, 2.75) is 19.7 Å². The van der Waals surface area contributed by atoms with E-state index in [1.165, 1.54) is 12.1 Å². The zero-order valence-electron chi connectivity index (χ0n) is 12.1. The van der Waals surface area contributed by atoms with E-state index in [4.69, 9.17) is 0 Å². The third-order valence-corrected chi connectivity index (χ3v) is 4.42. The zero-order valence-corrected chi connectivity index (χ0v) is 13.0. The van der Waals surface area contributed by atoms with Gasteiger partial charge in [-0.05, 0) is 36.7 Å². The first kappa shape index (κ1) is 16.4. The molecule has 24 heavy (non-hydrogen) atoms. The van der Waals surface area contributed by atoms with Crippen LogP contribution in [0.4, 0.5) is 13.2 Å². The highest BCUT2D eigenvalue weighted by Crippen LogP contribution is 2.28. The zero-order chi connectivity index (χ0) is 17.6. The van der Waals surface area contributed by atoms with Crippen molar-refractivity contribution in [3.8, 4) is 5.69 Å². The Morgan fingerprint density at radius 3 is 2.67 bits per heavy atom. The van der Waals surface area contributed by atoms with E-state index in [-0.39, 0.29) is 12.3 Å². The topological polar surface area (TPSA) is 88.0 Å². The van der Waals surface area contributed by atoms with E-state index >= 15 is 0 Å². The smallest absolute Gasteiger partial charge is 0.390 e. The molecule has 2 N–H and O–H groups in total. The second-order valence-corrected chi connectivity index (χ2v) is 5.84. The maximum Gasteiger partial charge on any atom is 0.431 e. The Kier molecular flexibility index (Phi) is 3.80. The number of benzene rings is 1. The molecule has 2 aromatic heterocycles. The minimum absolute atomic E-state index is 0.0977. The van der Waals surface area contributed by atoms with Crippen LogP contribution in [0.5, 0.6) is 0 Å². The fourth-order valence-corrected chi connectivity index (χ4v) is 3.14. The lowest BCUT2D eigenvalue weighted by Gasteiger charge is -2.12. The van der Waals surface area contributed by atoms with E-state index in [0.717, 1.165) is 23.2 Å². The first-order chi connectivity index (χ1) is 11.2. The molecule has 0 radical (unpaired) electrons. The summed E-state index contributed by atoms with van der Waals surface area (Å²) in [6.07, 6.45) is -4.83. The van der Waals surface area contributed by atoms with Crippen molar-refractivity contribution < 1.29 is 18.3 Å². The molecule has 0 atom stereocenters. The number of halogens is 3. The van der Waals surface area contributed by atoms with Crippen molar-refractivity contribution in [3.05, 3.63) is 56.0 Å². The van der Waals surface area contributed by atoms with Crippen molar-refractivity contribution in [2.24, 2.45) is 0 Å². The predicted octanol–water partition coefficient (Wildman–Crippen LogP) is 1.96. The van der Waals surface area contributed by atoms with Gasteiger partial charge in [0, 0.05) is 10.9 Å². The first-order valence-corrected chi connectivity index (χ1v) is 7.44. The molecule has 0 saturated heterocycles. The molecule has 3 rings (SSSR count). The Balaban J connectivity index is 2.29. The highest BCUT2D eigenvalue weighted by atomic mass is 32.1. The highest BCUT2D eigenvalue weighted by molar-refractivity contribution is 7.13. The van der Waals surface area contributed by atoms with Crippen LogP contribution in [0, 0.1) is 6.92 Å². The van der Waals surface area contributed by atoms with Crippen LogP contribution in [0.15, 0.2) is 27.8 Å². The third-order valence-electron chi connectivity index (χ3n) is 3.55. The minimum Gasteiger partial charge on any atom is -0.390 e. The van der Waals surface area contributed by atoms with Crippen LogP contribution in [-0.2, 0) is 12.8 Å². The third kappa shape index (κ3) is 2.53. The van der Waals surface area contributed by atoms with E-state index in [1.807, 2.05) is 0 Å². The quantitative estimate of drug-likeness (QED) is 0.734. The fraction of sp³-hybridized carbons (Fsp3) is 0.214. The van der Waals surface area contributed by atoms with Gasteiger partial charge in [-0.1, -0.05) is 0 Å². The number of H-pyrrole nitrogens is 1. The molecule has 0 unspecified atom stereocenters. The lowest BCUT2D eigenvalue weighted by Crippen LogP contribution is -2.38. The number of aliphatic hydroxyl groups excluding tert-OH is 1. The number of hydrogen-bond acceptors (Lipinski definition) is 5. The van der Waals surface area contributed by atoms with Gasteiger partial charge in [-0.25, -0.2) is 9.36 Å². The second kappa shape index (κ2) is 5.56. The van der Waals surface area contributed by atoms with Crippen LogP contribution in [0.25, 0.3) is 15.8 Å². The molecule has 0 aliphatic heterocycles. The van der Waals surface area contributed by atoms with Crippen LogP contribution in [0.2, 0.25) is 0 Å². The average Bonchev–Trinajstić information content (AvgIpc) is 2.92. The van der Waals surface area contributed by atoms with Gasteiger partial charge in [0.05, 0.1) is 22.7 Å².